The zero-order valence-electron chi connectivity index (χ0n) is 23.8. The molecule has 4 heteroatoms. The molecule has 9 rings (SSSR count). The highest BCUT2D eigenvalue weighted by atomic mass is 16.3. The normalized spacial score (nSPS) is 15.0. The van der Waals surface area contributed by atoms with E-state index in [1.807, 2.05) is 12.1 Å². The van der Waals surface area contributed by atoms with Gasteiger partial charge in [-0.3, -0.25) is 4.99 Å². The molecule has 0 radical (unpaired) electrons. The molecular formula is C40H27N3O. The summed E-state index contributed by atoms with van der Waals surface area (Å²) in [5.74, 6) is 0. The number of fused-ring (bicyclic) bond motifs is 7. The topological polar surface area (TPSA) is 42.5 Å². The second-order valence-corrected chi connectivity index (χ2v) is 11.2. The quantitative estimate of drug-likeness (QED) is 0.231. The molecule has 8 aromatic rings. The fourth-order valence-electron chi connectivity index (χ4n) is 6.52. The highest BCUT2D eigenvalue weighted by molar-refractivity contribution is 6.21. The molecule has 0 amide bonds. The van der Waals surface area contributed by atoms with Gasteiger partial charge in [0.05, 0.1) is 11.2 Å². The Morgan fingerprint density at radius 3 is 2.09 bits per heavy atom. The summed E-state index contributed by atoms with van der Waals surface area (Å²) in [5, 5.41) is 8.22. The molecular weight excluding hydrogens is 538 g/mol. The highest BCUT2D eigenvalue weighted by Gasteiger charge is 2.22. The van der Waals surface area contributed by atoms with E-state index in [1.54, 1.807) is 0 Å². The summed E-state index contributed by atoms with van der Waals surface area (Å²) < 4.78 is 8.99. The predicted octanol–water partition coefficient (Wildman–Crippen LogP) is 9.82. The van der Waals surface area contributed by atoms with Crippen molar-refractivity contribution in [3.05, 3.63) is 168 Å². The maximum absolute atomic E-state index is 6.65. The summed E-state index contributed by atoms with van der Waals surface area (Å²) in [4.78, 5) is 5.08. The van der Waals surface area contributed by atoms with Crippen LogP contribution in [-0.2, 0) is 0 Å². The van der Waals surface area contributed by atoms with Crippen LogP contribution in [0.3, 0.4) is 0 Å². The Morgan fingerprint density at radius 2 is 1.27 bits per heavy atom. The van der Waals surface area contributed by atoms with E-state index < -0.39 is 0 Å². The van der Waals surface area contributed by atoms with Crippen LogP contribution in [0.5, 0.6) is 0 Å². The molecule has 3 heterocycles. The fourth-order valence-corrected chi connectivity index (χ4v) is 6.52. The number of hydrogen-bond acceptors (Lipinski definition) is 3. The van der Waals surface area contributed by atoms with Gasteiger partial charge in [0, 0.05) is 27.5 Å². The van der Waals surface area contributed by atoms with Crippen LogP contribution >= 0.6 is 0 Å². The van der Waals surface area contributed by atoms with Crippen molar-refractivity contribution in [3.63, 3.8) is 0 Å². The number of nitrogens with one attached hydrogen (secondary N) is 1. The van der Waals surface area contributed by atoms with E-state index in [9.17, 15) is 0 Å². The molecule has 44 heavy (non-hydrogen) atoms. The molecule has 0 saturated heterocycles. The Hall–Kier alpha value is -5.87. The SMILES string of the molecule is C1=C(c2ccc(-n3c4ccccc4c4oc5c6ccccc6ccc5c43)cc2)NC(c2ccccc2)N=C1c1ccccc1. The Balaban J connectivity index is 1.18. The van der Waals surface area contributed by atoms with E-state index in [2.05, 4.69) is 149 Å². The van der Waals surface area contributed by atoms with Gasteiger partial charge < -0.3 is 14.3 Å². The zero-order chi connectivity index (χ0) is 29.0. The minimum Gasteiger partial charge on any atom is -0.453 e. The van der Waals surface area contributed by atoms with Gasteiger partial charge >= 0.3 is 0 Å². The Bertz CT molecular complexity index is 2400. The summed E-state index contributed by atoms with van der Waals surface area (Å²) in [6, 6.07) is 50.9. The Labute approximate surface area is 254 Å². The summed E-state index contributed by atoms with van der Waals surface area (Å²) in [6.45, 7) is 0. The molecule has 0 bridgehead atoms. The Kier molecular flexibility index (Phi) is 5.53. The molecule has 1 aliphatic heterocycles. The van der Waals surface area contributed by atoms with Crippen molar-refractivity contribution in [1.82, 2.24) is 9.88 Å². The predicted molar refractivity (Wildman–Crippen MR) is 181 cm³/mol. The van der Waals surface area contributed by atoms with Gasteiger partial charge in [-0.15, -0.1) is 0 Å². The summed E-state index contributed by atoms with van der Waals surface area (Å²) in [6.07, 6.45) is 1.98. The van der Waals surface area contributed by atoms with E-state index in [-0.39, 0.29) is 6.17 Å². The molecule has 1 atom stereocenters. The van der Waals surface area contributed by atoms with Crippen molar-refractivity contribution in [3.8, 4) is 5.69 Å². The lowest BCUT2D eigenvalue weighted by molar-refractivity contribution is 0.664. The van der Waals surface area contributed by atoms with Gasteiger partial charge in [-0.2, -0.15) is 0 Å². The molecule has 1 aliphatic rings. The third-order valence-corrected chi connectivity index (χ3v) is 8.63. The summed E-state index contributed by atoms with van der Waals surface area (Å²) in [5.41, 5.74) is 10.5. The molecule has 0 saturated carbocycles. The van der Waals surface area contributed by atoms with Gasteiger partial charge in [-0.25, -0.2) is 0 Å². The van der Waals surface area contributed by atoms with Crippen molar-refractivity contribution in [2.75, 3.05) is 0 Å². The molecule has 208 valence electrons. The van der Waals surface area contributed by atoms with Crippen molar-refractivity contribution < 1.29 is 4.42 Å². The van der Waals surface area contributed by atoms with Gasteiger partial charge in [0.15, 0.2) is 5.58 Å². The van der Waals surface area contributed by atoms with Gasteiger partial charge in [0.25, 0.3) is 0 Å². The standard InChI is InChI=1S/C40H27N3O/c1-3-12-27(13-4-1)34-25-35(42-40(41-34)29-14-5-2-6-15-29)28-19-22-30(23-20-28)43-36-18-10-9-17-32(36)39-37(43)33-24-21-26-11-7-8-16-31(26)38(33)44-39/h1-25,40,42H. The molecule has 1 N–H and O–H groups in total. The van der Waals surface area contributed by atoms with E-state index in [1.165, 1.54) is 5.39 Å². The number of furan rings is 1. The van der Waals surface area contributed by atoms with Gasteiger partial charge in [-0.1, -0.05) is 115 Å². The largest absolute Gasteiger partial charge is 0.453 e. The smallest absolute Gasteiger partial charge is 0.161 e. The number of para-hydroxylation sites is 1. The van der Waals surface area contributed by atoms with Crippen molar-refractivity contribution in [2.45, 2.75) is 6.17 Å². The van der Waals surface area contributed by atoms with E-state index in [4.69, 9.17) is 9.41 Å². The number of benzene rings is 6. The zero-order valence-corrected chi connectivity index (χ0v) is 23.8. The van der Waals surface area contributed by atoms with Crippen molar-refractivity contribution in [2.24, 2.45) is 4.99 Å². The van der Waals surface area contributed by atoms with E-state index in [0.29, 0.717) is 0 Å². The number of hydrogen-bond donors (Lipinski definition) is 1. The van der Waals surface area contributed by atoms with Gasteiger partial charge in [0.1, 0.15) is 17.3 Å². The van der Waals surface area contributed by atoms with Crippen LogP contribution in [0.25, 0.3) is 55.1 Å². The fraction of sp³-hybridized carbons (Fsp3) is 0.0250. The molecule has 1 unspecified atom stereocenters. The van der Waals surface area contributed by atoms with E-state index >= 15 is 0 Å². The number of allylic oxidation sites excluding steroid dienone is 1. The first-order valence-electron chi connectivity index (χ1n) is 14.9. The van der Waals surface area contributed by atoms with E-state index in [0.717, 1.165) is 72.1 Å². The molecule has 0 aliphatic carbocycles. The van der Waals surface area contributed by atoms with Gasteiger partial charge in [-0.05, 0) is 58.5 Å². The minimum absolute atomic E-state index is 0.175. The van der Waals surface area contributed by atoms with Crippen LogP contribution in [0.2, 0.25) is 0 Å². The summed E-state index contributed by atoms with van der Waals surface area (Å²) >= 11 is 0. The second kappa shape index (κ2) is 9.85. The van der Waals surface area contributed by atoms with Crippen LogP contribution < -0.4 is 5.32 Å². The molecule has 4 nitrogen and oxygen atoms in total. The molecule has 0 spiro atoms. The number of aliphatic imine (C=N–C) groups is 1. The Morgan fingerprint density at radius 1 is 0.568 bits per heavy atom. The third kappa shape index (κ3) is 3.89. The lowest BCUT2D eigenvalue weighted by atomic mass is 10.0. The lowest BCUT2D eigenvalue weighted by Gasteiger charge is -2.25. The first-order chi connectivity index (χ1) is 21.8. The van der Waals surface area contributed by atoms with Crippen LogP contribution in [0.15, 0.2) is 161 Å². The minimum atomic E-state index is -0.175. The maximum Gasteiger partial charge on any atom is 0.161 e. The third-order valence-electron chi connectivity index (χ3n) is 8.63. The maximum atomic E-state index is 6.65. The number of rotatable bonds is 4. The summed E-state index contributed by atoms with van der Waals surface area (Å²) in [7, 11) is 0. The van der Waals surface area contributed by atoms with Crippen molar-refractivity contribution in [1.29, 1.82) is 0 Å². The van der Waals surface area contributed by atoms with Crippen molar-refractivity contribution >= 4 is 55.2 Å². The van der Waals surface area contributed by atoms with Crippen LogP contribution in [-0.4, -0.2) is 10.3 Å². The van der Waals surface area contributed by atoms with Crippen LogP contribution in [0.1, 0.15) is 22.9 Å². The number of aromatic nitrogens is 1. The van der Waals surface area contributed by atoms with Crippen LogP contribution in [0, 0.1) is 0 Å². The number of nitrogens with zero attached hydrogens (tertiary/aromatic N) is 2. The second-order valence-electron chi connectivity index (χ2n) is 11.2. The molecule has 0 fully saturated rings. The monoisotopic (exact) mass is 565 g/mol. The van der Waals surface area contributed by atoms with Gasteiger partial charge in [0.2, 0.25) is 0 Å². The average molecular weight is 566 g/mol. The molecule has 6 aromatic carbocycles. The molecule has 2 aromatic heterocycles. The first-order valence-corrected chi connectivity index (χ1v) is 14.9. The average Bonchev–Trinajstić information content (AvgIpc) is 3.64. The highest BCUT2D eigenvalue weighted by Crippen LogP contribution is 2.41. The first kappa shape index (κ1) is 24.7. The lowest BCUT2D eigenvalue weighted by Crippen LogP contribution is -2.24. The van der Waals surface area contributed by atoms with Crippen LogP contribution in [0.4, 0.5) is 0 Å².